The molecular formula is C34H32FN5O5. The molecule has 4 aromatic rings. The van der Waals surface area contributed by atoms with E-state index in [1.54, 1.807) is 47.5 Å². The molecule has 10 nitrogen and oxygen atoms in total. The highest BCUT2D eigenvalue weighted by molar-refractivity contribution is 6.07. The topological polar surface area (TPSA) is 132 Å². The molecule has 5 rings (SSSR count). The molecule has 0 spiro atoms. The fourth-order valence-corrected chi connectivity index (χ4v) is 5.17. The Balaban J connectivity index is 1.39. The first-order valence-electron chi connectivity index (χ1n) is 14.4. The van der Waals surface area contributed by atoms with Crippen LogP contribution in [0.4, 0.5) is 15.8 Å². The van der Waals surface area contributed by atoms with Crippen LogP contribution in [0, 0.1) is 12.7 Å². The van der Waals surface area contributed by atoms with E-state index in [2.05, 4.69) is 15.6 Å². The highest BCUT2D eigenvalue weighted by atomic mass is 19.1. The van der Waals surface area contributed by atoms with Gasteiger partial charge in [-0.05, 0) is 61.0 Å². The second-order valence-corrected chi connectivity index (χ2v) is 10.8. The summed E-state index contributed by atoms with van der Waals surface area (Å²) < 4.78 is 13.9. The number of aryl methyl sites for hydroxylation is 1. The average Bonchev–Trinajstić information content (AvgIpc) is 3.04. The van der Waals surface area contributed by atoms with Gasteiger partial charge in [0.1, 0.15) is 5.82 Å². The summed E-state index contributed by atoms with van der Waals surface area (Å²) in [6.45, 7) is 3.65. The van der Waals surface area contributed by atoms with Crippen LogP contribution in [0.2, 0.25) is 0 Å². The Hall–Kier alpha value is -5.58. The predicted molar refractivity (Wildman–Crippen MR) is 167 cm³/mol. The van der Waals surface area contributed by atoms with Crippen molar-refractivity contribution in [2.75, 3.05) is 36.4 Å². The smallest absolute Gasteiger partial charge is 0.305 e. The molecule has 1 unspecified atom stereocenters. The number of nitrogens with one attached hydrogen (secondary N) is 2. The summed E-state index contributed by atoms with van der Waals surface area (Å²) in [5, 5.41) is 15.1. The van der Waals surface area contributed by atoms with Crippen LogP contribution in [0.3, 0.4) is 0 Å². The van der Waals surface area contributed by atoms with E-state index in [4.69, 9.17) is 0 Å². The van der Waals surface area contributed by atoms with Crippen molar-refractivity contribution >= 4 is 35.1 Å². The van der Waals surface area contributed by atoms with E-state index in [1.807, 2.05) is 24.0 Å². The molecule has 0 bridgehead atoms. The van der Waals surface area contributed by atoms with Gasteiger partial charge in [-0.2, -0.15) is 0 Å². The second kappa shape index (κ2) is 13.8. The molecular weight excluding hydrogens is 577 g/mol. The molecule has 0 aliphatic carbocycles. The van der Waals surface area contributed by atoms with E-state index in [0.29, 0.717) is 48.7 Å². The summed E-state index contributed by atoms with van der Waals surface area (Å²) in [5.74, 6) is -2.85. The van der Waals surface area contributed by atoms with Gasteiger partial charge in [0.05, 0.1) is 29.4 Å². The quantitative estimate of drug-likeness (QED) is 0.251. The summed E-state index contributed by atoms with van der Waals surface area (Å²) in [5.41, 5.74) is 3.36. The van der Waals surface area contributed by atoms with Crippen molar-refractivity contribution in [3.8, 4) is 0 Å². The van der Waals surface area contributed by atoms with Crippen molar-refractivity contribution < 1.29 is 28.7 Å². The first-order chi connectivity index (χ1) is 21.7. The number of carbonyl (C=O) groups excluding carboxylic acids is 3. The number of pyridine rings is 1. The van der Waals surface area contributed by atoms with Crippen molar-refractivity contribution in [1.29, 1.82) is 0 Å². The summed E-state index contributed by atoms with van der Waals surface area (Å²) in [6, 6.07) is 20.0. The molecule has 1 aromatic heterocycles. The maximum Gasteiger partial charge on any atom is 0.305 e. The number of amides is 3. The molecule has 1 aliphatic rings. The van der Waals surface area contributed by atoms with Crippen molar-refractivity contribution in [2.24, 2.45) is 0 Å². The van der Waals surface area contributed by atoms with E-state index in [9.17, 15) is 28.7 Å². The van der Waals surface area contributed by atoms with E-state index in [0.717, 1.165) is 11.6 Å². The minimum Gasteiger partial charge on any atom is -0.481 e. The standard InChI is InChI=1S/C34H32FN5O5/c1-22-7-9-23(10-8-22)28(20-31(41)42)37-33(44)25-11-12-30(29(19-25)38-32(43)24-4-2-6-27(35)18-24)39-14-16-40(17-15-39)34(45)26-5-3-13-36-21-26/h2-13,18-19,21,28H,14-17,20H2,1H3,(H,37,44)(H,38,43)(H,41,42). The molecule has 1 aliphatic heterocycles. The Kier molecular flexibility index (Phi) is 9.47. The van der Waals surface area contributed by atoms with Crippen LogP contribution in [-0.2, 0) is 4.79 Å². The number of rotatable bonds is 9. The van der Waals surface area contributed by atoms with Gasteiger partial charge < -0.3 is 25.5 Å². The van der Waals surface area contributed by atoms with Crippen LogP contribution in [0.5, 0.6) is 0 Å². The monoisotopic (exact) mass is 609 g/mol. The van der Waals surface area contributed by atoms with Gasteiger partial charge in [0.25, 0.3) is 17.7 Å². The Morgan fingerprint density at radius 1 is 0.867 bits per heavy atom. The Morgan fingerprint density at radius 3 is 2.24 bits per heavy atom. The number of aromatic nitrogens is 1. The zero-order valence-corrected chi connectivity index (χ0v) is 24.6. The van der Waals surface area contributed by atoms with Gasteiger partial charge in [0.15, 0.2) is 0 Å². The fraction of sp³-hybridized carbons (Fsp3) is 0.206. The maximum atomic E-state index is 13.9. The summed E-state index contributed by atoms with van der Waals surface area (Å²) in [6.07, 6.45) is 2.81. The number of carboxylic acid groups (broad SMARTS) is 1. The number of aliphatic carboxylic acids is 1. The predicted octanol–water partition coefficient (Wildman–Crippen LogP) is 4.69. The van der Waals surface area contributed by atoms with Gasteiger partial charge in [0.2, 0.25) is 0 Å². The van der Waals surface area contributed by atoms with Crippen LogP contribution in [0.15, 0.2) is 91.3 Å². The third kappa shape index (κ3) is 7.69. The van der Waals surface area contributed by atoms with Gasteiger partial charge >= 0.3 is 5.97 Å². The lowest BCUT2D eigenvalue weighted by molar-refractivity contribution is -0.137. The number of benzene rings is 3. The number of piperazine rings is 1. The van der Waals surface area contributed by atoms with Crippen molar-refractivity contribution in [2.45, 2.75) is 19.4 Å². The summed E-state index contributed by atoms with van der Waals surface area (Å²) >= 11 is 0. The average molecular weight is 610 g/mol. The van der Waals surface area contributed by atoms with Crippen LogP contribution < -0.4 is 15.5 Å². The molecule has 2 heterocycles. The highest BCUT2D eigenvalue weighted by Crippen LogP contribution is 2.30. The van der Waals surface area contributed by atoms with Gasteiger partial charge in [-0.15, -0.1) is 0 Å². The molecule has 0 saturated carbocycles. The SMILES string of the molecule is Cc1ccc(C(CC(=O)O)NC(=O)c2ccc(N3CCN(C(=O)c4cccnc4)CC3)c(NC(=O)c3cccc(F)c3)c2)cc1. The van der Waals surface area contributed by atoms with Gasteiger partial charge in [0, 0.05) is 49.7 Å². The van der Waals surface area contributed by atoms with Gasteiger partial charge in [-0.25, -0.2) is 4.39 Å². The molecule has 3 aromatic carbocycles. The normalized spacial score (nSPS) is 13.6. The van der Waals surface area contributed by atoms with E-state index >= 15 is 0 Å². The molecule has 3 amide bonds. The van der Waals surface area contributed by atoms with E-state index < -0.39 is 29.6 Å². The number of carboxylic acids is 1. The largest absolute Gasteiger partial charge is 0.481 e. The first kappa shape index (κ1) is 30.9. The van der Waals surface area contributed by atoms with Crippen molar-refractivity contribution in [1.82, 2.24) is 15.2 Å². The number of nitrogens with zero attached hydrogens (tertiary/aromatic N) is 3. The lowest BCUT2D eigenvalue weighted by atomic mass is 10.0. The van der Waals surface area contributed by atoms with Crippen LogP contribution in [-0.4, -0.2) is 64.9 Å². The maximum absolute atomic E-state index is 13.9. The second-order valence-electron chi connectivity index (χ2n) is 10.8. The number of anilines is 2. The number of halogens is 1. The third-order valence-corrected chi connectivity index (χ3v) is 7.57. The Labute approximate surface area is 259 Å². The van der Waals surface area contributed by atoms with Crippen LogP contribution in [0.1, 0.15) is 54.7 Å². The first-order valence-corrected chi connectivity index (χ1v) is 14.4. The fourth-order valence-electron chi connectivity index (χ4n) is 5.17. The van der Waals surface area contributed by atoms with Crippen LogP contribution in [0.25, 0.3) is 0 Å². The molecule has 230 valence electrons. The Morgan fingerprint density at radius 2 is 1.58 bits per heavy atom. The lowest BCUT2D eigenvalue weighted by Crippen LogP contribution is -2.49. The van der Waals surface area contributed by atoms with E-state index in [-0.39, 0.29) is 23.5 Å². The number of hydrogen-bond acceptors (Lipinski definition) is 6. The lowest BCUT2D eigenvalue weighted by Gasteiger charge is -2.37. The van der Waals surface area contributed by atoms with Gasteiger partial charge in [-0.3, -0.25) is 24.2 Å². The molecule has 11 heteroatoms. The number of hydrogen-bond donors (Lipinski definition) is 3. The molecule has 0 radical (unpaired) electrons. The molecule has 45 heavy (non-hydrogen) atoms. The van der Waals surface area contributed by atoms with Crippen molar-refractivity contribution in [3.05, 3.63) is 125 Å². The molecule has 1 fully saturated rings. The zero-order chi connectivity index (χ0) is 31.9. The molecule has 3 N–H and O–H groups in total. The summed E-state index contributed by atoms with van der Waals surface area (Å²) in [7, 11) is 0. The number of carbonyl (C=O) groups is 4. The Bertz CT molecular complexity index is 1710. The summed E-state index contributed by atoms with van der Waals surface area (Å²) in [4.78, 5) is 58.9. The molecule has 1 atom stereocenters. The minimum atomic E-state index is -1.07. The van der Waals surface area contributed by atoms with Crippen molar-refractivity contribution in [3.63, 3.8) is 0 Å². The minimum absolute atomic E-state index is 0.101. The van der Waals surface area contributed by atoms with Crippen LogP contribution >= 0.6 is 0 Å². The zero-order valence-electron chi connectivity index (χ0n) is 24.6. The molecule has 1 saturated heterocycles. The third-order valence-electron chi connectivity index (χ3n) is 7.57. The highest BCUT2D eigenvalue weighted by Gasteiger charge is 2.26. The van der Waals surface area contributed by atoms with E-state index in [1.165, 1.54) is 30.5 Å². The van der Waals surface area contributed by atoms with Gasteiger partial charge in [-0.1, -0.05) is 35.9 Å².